The van der Waals surface area contributed by atoms with Gasteiger partial charge in [-0.05, 0) is 35.4 Å². The highest BCUT2D eigenvalue weighted by Gasteiger charge is 2.14. The van der Waals surface area contributed by atoms with Crippen LogP contribution >= 0.6 is 43.5 Å². The van der Waals surface area contributed by atoms with Crippen molar-refractivity contribution in [1.82, 2.24) is 0 Å². The van der Waals surface area contributed by atoms with Gasteiger partial charge in [-0.2, -0.15) is 0 Å². The topological polar surface area (TPSA) is 9.23 Å². The highest BCUT2D eigenvalue weighted by molar-refractivity contribution is 9.11. The molecule has 0 bridgehead atoms. The fourth-order valence-corrected chi connectivity index (χ4v) is 3.40. The third-order valence-electron chi connectivity index (χ3n) is 2.64. The summed E-state index contributed by atoms with van der Waals surface area (Å²) in [5, 5.41) is -0.182. The highest BCUT2D eigenvalue weighted by Crippen LogP contribution is 2.35. The summed E-state index contributed by atoms with van der Waals surface area (Å²) in [6.45, 7) is 0. The number of methoxy groups -OCH3 is 1. The molecule has 0 saturated heterocycles. The fraction of sp³-hybridized carbons (Fsp3) is 0.143. The molecule has 18 heavy (non-hydrogen) atoms. The highest BCUT2D eigenvalue weighted by atomic mass is 79.9. The van der Waals surface area contributed by atoms with E-state index in [9.17, 15) is 0 Å². The van der Waals surface area contributed by atoms with Crippen LogP contribution in [0.25, 0.3) is 0 Å². The summed E-state index contributed by atoms with van der Waals surface area (Å²) in [5.74, 6) is 0.831. The predicted octanol–water partition coefficient (Wildman–Crippen LogP) is 5.55. The van der Waals surface area contributed by atoms with E-state index in [1.54, 1.807) is 7.11 Å². The van der Waals surface area contributed by atoms with Crippen molar-refractivity contribution in [2.24, 2.45) is 0 Å². The Balaban J connectivity index is 2.31. The Kier molecular flexibility index (Phi) is 4.71. The molecular formula is C14H11Br2ClO. The first kappa shape index (κ1) is 13.9. The van der Waals surface area contributed by atoms with Crippen LogP contribution in [-0.2, 0) is 0 Å². The number of rotatable bonds is 3. The second-order valence-corrected chi connectivity index (χ2v) is 6.01. The molecule has 1 atom stereocenters. The van der Waals surface area contributed by atoms with E-state index in [4.69, 9.17) is 16.3 Å². The van der Waals surface area contributed by atoms with Gasteiger partial charge in [-0.1, -0.05) is 50.1 Å². The van der Waals surface area contributed by atoms with E-state index in [0.717, 1.165) is 25.8 Å². The molecule has 2 aromatic carbocycles. The van der Waals surface area contributed by atoms with Gasteiger partial charge in [-0.3, -0.25) is 0 Å². The standard InChI is InChI=1S/C14H11Br2ClO/c1-18-11-5-2-9(3-6-11)14(17)12-7-4-10(15)8-13(12)16/h2-8,14H,1H3. The van der Waals surface area contributed by atoms with Crippen LogP contribution in [0.4, 0.5) is 0 Å². The number of benzene rings is 2. The maximum absolute atomic E-state index is 6.50. The van der Waals surface area contributed by atoms with Crippen LogP contribution in [0.2, 0.25) is 0 Å². The van der Waals surface area contributed by atoms with Crippen LogP contribution in [-0.4, -0.2) is 7.11 Å². The molecule has 0 amide bonds. The minimum absolute atomic E-state index is 0.182. The van der Waals surface area contributed by atoms with Crippen LogP contribution in [0, 0.1) is 0 Å². The summed E-state index contributed by atoms with van der Waals surface area (Å²) in [5.41, 5.74) is 2.09. The number of hydrogen-bond donors (Lipinski definition) is 0. The molecule has 0 saturated carbocycles. The average molecular weight is 391 g/mol. The average Bonchev–Trinajstić information content (AvgIpc) is 2.38. The second kappa shape index (κ2) is 6.09. The zero-order valence-electron chi connectivity index (χ0n) is 9.66. The van der Waals surface area contributed by atoms with Gasteiger partial charge in [-0.25, -0.2) is 0 Å². The third-order valence-corrected chi connectivity index (χ3v) is 4.31. The van der Waals surface area contributed by atoms with E-state index < -0.39 is 0 Å². The van der Waals surface area contributed by atoms with Gasteiger partial charge >= 0.3 is 0 Å². The smallest absolute Gasteiger partial charge is 0.118 e. The van der Waals surface area contributed by atoms with Gasteiger partial charge in [0.2, 0.25) is 0 Å². The van der Waals surface area contributed by atoms with Crippen molar-refractivity contribution in [2.75, 3.05) is 7.11 Å². The first-order valence-corrected chi connectivity index (χ1v) is 7.37. The lowest BCUT2D eigenvalue weighted by atomic mass is 10.0. The van der Waals surface area contributed by atoms with Crippen molar-refractivity contribution in [2.45, 2.75) is 5.38 Å². The molecule has 2 rings (SSSR count). The zero-order chi connectivity index (χ0) is 13.1. The fourth-order valence-electron chi connectivity index (χ4n) is 1.66. The van der Waals surface area contributed by atoms with Gasteiger partial charge < -0.3 is 4.74 Å². The van der Waals surface area contributed by atoms with Crippen LogP contribution in [0.5, 0.6) is 5.75 Å². The third kappa shape index (κ3) is 3.08. The van der Waals surface area contributed by atoms with Crippen molar-refractivity contribution in [3.63, 3.8) is 0 Å². The first-order chi connectivity index (χ1) is 8.61. The van der Waals surface area contributed by atoms with E-state index in [0.29, 0.717) is 0 Å². The molecule has 4 heteroatoms. The van der Waals surface area contributed by atoms with Gasteiger partial charge in [0.05, 0.1) is 12.5 Å². The molecule has 0 aliphatic rings. The zero-order valence-corrected chi connectivity index (χ0v) is 13.6. The molecular weight excluding hydrogens is 379 g/mol. The molecule has 0 aliphatic heterocycles. The van der Waals surface area contributed by atoms with Gasteiger partial charge in [0.1, 0.15) is 5.75 Å². The summed E-state index contributed by atoms with van der Waals surface area (Å²) in [6.07, 6.45) is 0. The summed E-state index contributed by atoms with van der Waals surface area (Å²) in [4.78, 5) is 0. The molecule has 0 N–H and O–H groups in total. The predicted molar refractivity (Wildman–Crippen MR) is 82.5 cm³/mol. The molecule has 0 heterocycles. The van der Waals surface area contributed by atoms with Crippen LogP contribution in [0.1, 0.15) is 16.5 Å². The largest absolute Gasteiger partial charge is 0.497 e. The maximum atomic E-state index is 6.50. The summed E-state index contributed by atoms with van der Waals surface area (Å²) < 4.78 is 7.15. The van der Waals surface area contributed by atoms with Gasteiger partial charge in [0.25, 0.3) is 0 Å². The van der Waals surface area contributed by atoms with E-state index >= 15 is 0 Å². The Labute approximate surface area is 128 Å². The molecule has 94 valence electrons. The van der Waals surface area contributed by atoms with Crippen molar-refractivity contribution >= 4 is 43.5 Å². The van der Waals surface area contributed by atoms with Crippen molar-refractivity contribution < 1.29 is 4.74 Å². The maximum Gasteiger partial charge on any atom is 0.118 e. The molecule has 1 nitrogen and oxygen atoms in total. The minimum atomic E-state index is -0.182. The lowest BCUT2D eigenvalue weighted by molar-refractivity contribution is 0.414. The Morgan fingerprint density at radius 2 is 1.72 bits per heavy atom. The molecule has 2 aromatic rings. The second-order valence-electron chi connectivity index (χ2n) is 3.80. The van der Waals surface area contributed by atoms with E-state index in [2.05, 4.69) is 31.9 Å². The Morgan fingerprint density at radius 3 is 2.28 bits per heavy atom. The first-order valence-electron chi connectivity index (χ1n) is 5.35. The lowest BCUT2D eigenvalue weighted by Gasteiger charge is -2.13. The summed E-state index contributed by atoms with van der Waals surface area (Å²) in [6, 6.07) is 13.8. The monoisotopic (exact) mass is 388 g/mol. The molecule has 0 spiro atoms. The van der Waals surface area contributed by atoms with Crippen molar-refractivity contribution in [1.29, 1.82) is 0 Å². The van der Waals surface area contributed by atoms with E-state index in [1.807, 2.05) is 42.5 Å². The van der Waals surface area contributed by atoms with Crippen LogP contribution < -0.4 is 4.74 Å². The lowest BCUT2D eigenvalue weighted by Crippen LogP contribution is -1.95. The normalized spacial score (nSPS) is 12.2. The molecule has 1 unspecified atom stereocenters. The molecule has 0 radical (unpaired) electrons. The Morgan fingerprint density at radius 1 is 1.06 bits per heavy atom. The molecule has 0 aliphatic carbocycles. The van der Waals surface area contributed by atoms with Crippen molar-refractivity contribution in [3.8, 4) is 5.75 Å². The Hall–Kier alpha value is -0.510. The van der Waals surface area contributed by atoms with Gasteiger partial charge in [0.15, 0.2) is 0 Å². The van der Waals surface area contributed by atoms with Crippen LogP contribution in [0.15, 0.2) is 51.4 Å². The van der Waals surface area contributed by atoms with E-state index in [1.165, 1.54) is 0 Å². The number of hydrogen-bond acceptors (Lipinski definition) is 1. The summed E-state index contributed by atoms with van der Waals surface area (Å²) in [7, 11) is 1.65. The number of ether oxygens (including phenoxy) is 1. The van der Waals surface area contributed by atoms with E-state index in [-0.39, 0.29) is 5.38 Å². The number of alkyl halides is 1. The minimum Gasteiger partial charge on any atom is -0.497 e. The van der Waals surface area contributed by atoms with Crippen LogP contribution in [0.3, 0.4) is 0 Å². The Bertz CT molecular complexity index is 540. The van der Waals surface area contributed by atoms with Crippen molar-refractivity contribution in [3.05, 3.63) is 62.5 Å². The molecule has 0 aromatic heterocycles. The molecule has 0 fully saturated rings. The number of halogens is 3. The SMILES string of the molecule is COc1ccc(C(Cl)c2ccc(Br)cc2Br)cc1. The summed E-state index contributed by atoms with van der Waals surface area (Å²) >= 11 is 13.5. The quantitative estimate of drug-likeness (QED) is 0.625. The van der Waals surface area contributed by atoms with Gasteiger partial charge in [0, 0.05) is 8.95 Å². The van der Waals surface area contributed by atoms with Gasteiger partial charge in [-0.15, -0.1) is 11.6 Å².